The van der Waals surface area contributed by atoms with Gasteiger partial charge in [0.1, 0.15) is 0 Å². The van der Waals surface area contributed by atoms with Crippen LogP contribution in [0.15, 0.2) is 4.99 Å². The first kappa shape index (κ1) is 7.76. The summed E-state index contributed by atoms with van der Waals surface area (Å²) in [6, 6.07) is 0. The molecule has 0 amide bonds. The molecule has 0 radical (unpaired) electrons. The zero-order chi connectivity index (χ0) is 7.11. The number of nitrogens with two attached hydrogens (primary N) is 1. The summed E-state index contributed by atoms with van der Waals surface area (Å²) in [7, 11) is 0. The van der Waals surface area contributed by atoms with Crippen LogP contribution in [0.4, 0.5) is 4.48 Å². The number of nitrogens with zero attached hydrogens (tertiary/aromatic N) is 1. The van der Waals surface area contributed by atoms with Crippen LogP contribution in [0, 0.1) is 12.3 Å². The van der Waals surface area contributed by atoms with Gasteiger partial charge in [-0.3, -0.25) is 4.99 Å². The van der Waals surface area contributed by atoms with Crippen LogP contribution in [0.25, 0.3) is 0 Å². The van der Waals surface area contributed by atoms with Crippen LogP contribution >= 0.6 is 0 Å². The van der Waals surface area contributed by atoms with Crippen molar-refractivity contribution in [1.29, 1.82) is 0 Å². The summed E-state index contributed by atoms with van der Waals surface area (Å²) < 4.78 is 11.3. The standard InChI is InChI=1S/C5H8FN3/c1-2-3-4-8-5(7)9-6/h1H,3-4H2,(H3,7,8,9). The molecule has 0 rings (SSSR count). The zero-order valence-electron chi connectivity index (χ0n) is 4.89. The zero-order valence-corrected chi connectivity index (χ0v) is 4.89. The van der Waals surface area contributed by atoms with E-state index in [-0.39, 0.29) is 5.96 Å². The van der Waals surface area contributed by atoms with Gasteiger partial charge in [0.05, 0.1) is 6.54 Å². The van der Waals surface area contributed by atoms with Crippen LogP contribution in [0.2, 0.25) is 0 Å². The molecule has 0 saturated carbocycles. The number of terminal acetylenes is 1. The fraction of sp³-hybridized carbons (Fsp3) is 0.400. The van der Waals surface area contributed by atoms with Gasteiger partial charge in [0.15, 0.2) is 0 Å². The monoisotopic (exact) mass is 129 g/mol. The molecule has 0 unspecified atom stereocenters. The molecule has 9 heavy (non-hydrogen) atoms. The third kappa shape index (κ3) is 4.62. The summed E-state index contributed by atoms with van der Waals surface area (Å²) >= 11 is 0. The molecule has 3 nitrogen and oxygen atoms in total. The van der Waals surface area contributed by atoms with Crippen molar-refractivity contribution in [2.75, 3.05) is 6.54 Å². The number of guanidine groups is 1. The Morgan fingerprint density at radius 3 is 3.00 bits per heavy atom. The van der Waals surface area contributed by atoms with Crippen LogP contribution in [0.3, 0.4) is 0 Å². The Morgan fingerprint density at radius 2 is 2.56 bits per heavy atom. The Morgan fingerprint density at radius 1 is 1.89 bits per heavy atom. The first-order valence-electron chi connectivity index (χ1n) is 2.41. The summed E-state index contributed by atoms with van der Waals surface area (Å²) in [5.41, 5.74) is 6.09. The number of nitrogens with one attached hydrogen (secondary N) is 1. The second-order valence-electron chi connectivity index (χ2n) is 1.32. The number of hydrogen-bond donors (Lipinski definition) is 2. The van der Waals surface area contributed by atoms with Gasteiger partial charge in [-0.05, 0) is 0 Å². The fourth-order valence-electron chi connectivity index (χ4n) is 0.271. The fourth-order valence-corrected chi connectivity index (χ4v) is 0.271. The topological polar surface area (TPSA) is 50.4 Å². The van der Waals surface area contributed by atoms with Crippen molar-refractivity contribution >= 4 is 5.96 Å². The predicted octanol–water partition coefficient (Wildman–Crippen LogP) is -0.201. The molecule has 0 heterocycles. The lowest BCUT2D eigenvalue weighted by Crippen LogP contribution is -2.24. The van der Waals surface area contributed by atoms with E-state index in [1.807, 2.05) is 0 Å². The van der Waals surface area contributed by atoms with Gasteiger partial charge in [-0.1, -0.05) is 0 Å². The van der Waals surface area contributed by atoms with Gasteiger partial charge in [-0.25, -0.2) is 0 Å². The van der Waals surface area contributed by atoms with Gasteiger partial charge in [-0.15, -0.1) is 16.8 Å². The third-order valence-corrected chi connectivity index (χ3v) is 0.635. The maximum absolute atomic E-state index is 11.3. The average Bonchev–Trinajstić information content (AvgIpc) is 1.89. The Kier molecular flexibility index (Phi) is 4.23. The molecule has 0 fully saturated rings. The Balaban J connectivity index is 3.35. The smallest absolute Gasteiger partial charge is 0.217 e. The summed E-state index contributed by atoms with van der Waals surface area (Å²) in [5, 5.41) is 0. The lowest BCUT2D eigenvalue weighted by molar-refractivity contribution is 0.429. The van der Waals surface area contributed by atoms with E-state index in [2.05, 4.69) is 10.9 Å². The average molecular weight is 129 g/mol. The summed E-state index contributed by atoms with van der Waals surface area (Å²) in [4.78, 5) is 3.50. The van der Waals surface area contributed by atoms with Crippen molar-refractivity contribution in [2.45, 2.75) is 6.42 Å². The van der Waals surface area contributed by atoms with Crippen LogP contribution in [0.5, 0.6) is 0 Å². The number of rotatable bonds is 2. The van der Waals surface area contributed by atoms with Gasteiger partial charge >= 0.3 is 0 Å². The maximum Gasteiger partial charge on any atom is 0.217 e. The highest BCUT2D eigenvalue weighted by Gasteiger charge is 1.83. The highest BCUT2D eigenvalue weighted by Crippen LogP contribution is 1.75. The van der Waals surface area contributed by atoms with Crippen molar-refractivity contribution in [3.63, 3.8) is 0 Å². The van der Waals surface area contributed by atoms with E-state index in [0.717, 1.165) is 0 Å². The molecule has 0 aromatic carbocycles. The van der Waals surface area contributed by atoms with Gasteiger partial charge < -0.3 is 5.73 Å². The molecule has 50 valence electrons. The van der Waals surface area contributed by atoms with Gasteiger partial charge in [0.25, 0.3) is 0 Å². The third-order valence-electron chi connectivity index (χ3n) is 0.635. The maximum atomic E-state index is 11.3. The van der Waals surface area contributed by atoms with E-state index in [1.54, 1.807) is 0 Å². The number of hydrogen-bond acceptors (Lipinski definition) is 1. The molecule has 0 aromatic rings. The van der Waals surface area contributed by atoms with Crippen LogP contribution in [0.1, 0.15) is 6.42 Å². The van der Waals surface area contributed by atoms with E-state index in [9.17, 15) is 4.48 Å². The van der Waals surface area contributed by atoms with Crippen molar-refractivity contribution in [2.24, 2.45) is 10.7 Å². The van der Waals surface area contributed by atoms with Crippen molar-refractivity contribution in [3.05, 3.63) is 0 Å². The van der Waals surface area contributed by atoms with Crippen LogP contribution in [-0.2, 0) is 0 Å². The van der Waals surface area contributed by atoms with Gasteiger partial charge in [-0.2, -0.15) is 5.54 Å². The number of aliphatic imine (C=N–C) groups is 1. The Labute approximate surface area is 53.1 Å². The molecule has 0 atom stereocenters. The second-order valence-corrected chi connectivity index (χ2v) is 1.32. The second kappa shape index (κ2) is 4.91. The minimum absolute atomic E-state index is 0.231. The first-order chi connectivity index (χ1) is 4.31. The van der Waals surface area contributed by atoms with Crippen LogP contribution in [-0.4, -0.2) is 12.5 Å². The highest BCUT2D eigenvalue weighted by molar-refractivity contribution is 5.76. The van der Waals surface area contributed by atoms with Crippen molar-refractivity contribution in [1.82, 2.24) is 5.54 Å². The molecule has 0 aliphatic rings. The van der Waals surface area contributed by atoms with E-state index in [0.29, 0.717) is 13.0 Å². The quantitative estimate of drug-likeness (QED) is 0.178. The molecule has 0 bridgehead atoms. The van der Waals surface area contributed by atoms with Gasteiger partial charge in [0.2, 0.25) is 5.96 Å². The van der Waals surface area contributed by atoms with E-state index in [4.69, 9.17) is 12.2 Å². The summed E-state index contributed by atoms with van der Waals surface area (Å²) in [6.45, 7) is 0.360. The Hall–Kier alpha value is -1.24. The predicted molar refractivity (Wildman–Crippen MR) is 34.2 cm³/mol. The first-order valence-corrected chi connectivity index (χ1v) is 2.41. The Bertz CT molecular complexity index is 136. The van der Waals surface area contributed by atoms with E-state index < -0.39 is 0 Å². The molecule has 0 aromatic heterocycles. The lowest BCUT2D eigenvalue weighted by atomic mass is 10.5. The lowest BCUT2D eigenvalue weighted by Gasteiger charge is -1.90. The minimum Gasteiger partial charge on any atom is -0.368 e. The van der Waals surface area contributed by atoms with Crippen molar-refractivity contribution in [3.8, 4) is 12.3 Å². The van der Waals surface area contributed by atoms with Crippen molar-refractivity contribution < 1.29 is 4.48 Å². The summed E-state index contributed by atoms with van der Waals surface area (Å²) in [5.74, 6) is 2.10. The van der Waals surface area contributed by atoms with E-state index in [1.165, 1.54) is 5.54 Å². The molecule has 0 aliphatic heterocycles. The number of halogens is 1. The van der Waals surface area contributed by atoms with E-state index >= 15 is 0 Å². The molecule has 0 aliphatic carbocycles. The largest absolute Gasteiger partial charge is 0.368 e. The minimum atomic E-state index is -0.231. The SMILES string of the molecule is C#CCCN=C(N)NF. The van der Waals surface area contributed by atoms with Crippen LogP contribution < -0.4 is 11.3 Å². The molecule has 3 N–H and O–H groups in total. The molecule has 4 heteroatoms. The molecular weight excluding hydrogens is 121 g/mol. The molecular formula is C5H8FN3. The molecule has 0 spiro atoms. The highest BCUT2D eigenvalue weighted by atomic mass is 19.2. The normalized spacial score (nSPS) is 10.4. The van der Waals surface area contributed by atoms with Gasteiger partial charge in [0, 0.05) is 6.42 Å². The molecule has 0 saturated heterocycles. The summed E-state index contributed by atoms with van der Waals surface area (Å²) in [6.07, 6.45) is 5.36.